The smallest absolute Gasteiger partial charge is 0.260 e. The number of hydrogen-bond donors (Lipinski definition) is 0. The molecule has 0 radical (unpaired) electrons. The van der Waals surface area contributed by atoms with Gasteiger partial charge < -0.3 is 18.8 Å². The van der Waals surface area contributed by atoms with Gasteiger partial charge in [0.25, 0.3) is 5.91 Å². The molecule has 0 aromatic carbocycles. The largest absolute Gasteiger partial charge is 0.475 e. The van der Waals surface area contributed by atoms with Crippen LogP contribution in [0.3, 0.4) is 0 Å². The van der Waals surface area contributed by atoms with Gasteiger partial charge in [-0.15, -0.1) is 0 Å². The Labute approximate surface area is 141 Å². The van der Waals surface area contributed by atoms with Crippen molar-refractivity contribution in [1.29, 1.82) is 0 Å². The van der Waals surface area contributed by atoms with E-state index in [0.29, 0.717) is 24.7 Å². The average Bonchev–Trinajstić information content (AvgIpc) is 3.27. The third kappa shape index (κ3) is 3.59. The van der Waals surface area contributed by atoms with Crippen LogP contribution in [0.5, 0.6) is 5.88 Å². The summed E-state index contributed by atoms with van der Waals surface area (Å²) in [6.45, 7) is 2.78. The maximum Gasteiger partial charge on any atom is 0.260 e. The first-order chi connectivity index (χ1) is 11.7. The van der Waals surface area contributed by atoms with Crippen molar-refractivity contribution in [3.8, 4) is 5.88 Å². The standard InChI is InChI=1S/C18H22N2O4/c1-13(16-6-4-10-23-16)20(14-7-8-14)18(21)15-5-3-9-19-17(15)24-12-11-22-2/h3-6,9-10,13-14H,7-8,11-12H2,1-2H3. The summed E-state index contributed by atoms with van der Waals surface area (Å²) >= 11 is 0. The molecule has 6 nitrogen and oxygen atoms in total. The number of carbonyl (C=O) groups excluding carboxylic acids is 1. The van der Waals surface area contributed by atoms with E-state index in [9.17, 15) is 4.79 Å². The van der Waals surface area contributed by atoms with E-state index >= 15 is 0 Å². The summed E-state index contributed by atoms with van der Waals surface area (Å²) in [6, 6.07) is 7.34. The summed E-state index contributed by atoms with van der Waals surface area (Å²) in [5, 5.41) is 0. The third-order valence-corrected chi connectivity index (χ3v) is 4.07. The summed E-state index contributed by atoms with van der Waals surface area (Å²) < 4.78 is 16.1. The second-order valence-corrected chi connectivity index (χ2v) is 5.83. The summed E-state index contributed by atoms with van der Waals surface area (Å²) in [6.07, 6.45) is 5.27. The lowest BCUT2D eigenvalue weighted by Gasteiger charge is -2.28. The summed E-state index contributed by atoms with van der Waals surface area (Å²) in [4.78, 5) is 19.2. The molecule has 3 rings (SSSR count). The molecule has 1 saturated carbocycles. The fourth-order valence-corrected chi connectivity index (χ4v) is 2.71. The van der Waals surface area contributed by atoms with Crippen LogP contribution in [0, 0.1) is 0 Å². The van der Waals surface area contributed by atoms with Gasteiger partial charge in [0.1, 0.15) is 17.9 Å². The van der Waals surface area contributed by atoms with Crippen molar-refractivity contribution in [3.05, 3.63) is 48.0 Å². The highest BCUT2D eigenvalue weighted by Crippen LogP contribution is 2.36. The molecule has 0 spiro atoms. The van der Waals surface area contributed by atoms with Crippen molar-refractivity contribution in [1.82, 2.24) is 9.88 Å². The number of pyridine rings is 1. The number of rotatable bonds is 8. The van der Waals surface area contributed by atoms with Gasteiger partial charge in [-0.05, 0) is 44.0 Å². The molecule has 1 unspecified atom stereocenters. The lowest BCUT2D eigenvalue weighted by molar-refractivity contribution is 0.0644. The third-order valence-electron chi connectivity index (χ3n) is 4.07. The van der Waals surface area contributed by atoms with Gasteiger partial charge in [0.2, 0.25) is 5.88 Å². The number of methoxy groups -OCH3 is 1. The van der Waals surface area contributed by atoms with Crippen molar-refractivity contribution in [2.45, 2.75) is 31.8 Å². The first kappa shape index (κ1) is 16.5. The van der Waals surface area contributed by atoms with E-state index in [0.717, 1.165) is 18.6 Å². The Morgan fingerprint density at radius 1 is 1.38 bits per heavy atom. The molecule has 0 N–H and O–H groups in total. The SMILES string of the molecule is COCCOc1ncccc1C(=O)N(C1CC1)C(C)c1ccco1. The molecule has 1 aliphatic carbocycles. The van der Waals surface area contributed by atoms with E-state index in [-0.39, 0.29) is 18.0 Å². The summed E-state index contributed by atoms with van der Waals surface area (Å²) in [5.74, 6) is 1.04. The first-order valence-electron chi connectivity index (χ1n) is 8.15. The zero-order chi connectivity index (χ0) is 16.9. The van der Waals surface area contributed by atoms with Gasteiger partial charge in [-0.3, -0.25) is 4.79 Å². The molecule has 1 amide bonds. The Kier molecular flexibility index (Phi) is 5.15. The van der Waals surface area contributed by atoms with Crippen LogP contribution in [-0.4, -0.2) is 42.2 Å². The maximum absolute atomic E-state index is 13.1. The Balaban J connectivity index is 1.83. The van der Waals surface area contributed by atoms with Gasteiger partial charge in [0.15, 0.2) is 0 Å². The molecule has 0 saturated heterocycles. The van der Waals surface area contributed by atoms with Gasteiger partial charge in [-0.1, -0.05) is 0 Å². The molecular weight excluding hydrogens is 308 g/mol. The van der Waals surface area contributed by atoms with Crippen molar-refractivity contribution in [2.24, 2.45) is 0 Å². The fourth-order valence-electron chi connectivity index (χ4n) is 2.71. The molecule has 2 aromatic heterocycles. The number of amides is 1. The zero-order valence-corrected chi connectivity index (χ0v) is 14.0. The van der Waals surface area contributed by atoms with Gasteiger partial charge in [0, 0.05) is 19.3 Å². The second-order valence-electron chi connectivity index (χ2n) is 5.83. The van der Waals surface area contributed by atoms with Crippen LogP contribution in [0.25, 0.3) is 0 Å². The summed E-state index contributed by atoms with van der Waals surface area (Å²) in [7, 11) is 1.60. The highest BCUT2D eigenvalue weighted by Gasteiger charge is 2.38. The van der Waals surface area contributed by atoms with Crippen LogP contribution >= 0.6 is 0 Å². The minimum atomic E-state index is -0.132. The normalized spacial score (nSPS) is 15.1. The quantitative estimate of drug-likeness (QED) is 0.696. The molecule has 0 bridgehead atoms. The van der Waals surface area contributed by atoms with Crippen molar-refractivity contribution in [3.63, 3.8) is 0 Å². The summed E-state index contributed by atoms with van der Waals surface area (Å²) in [5.41, 5.74) is 0.471. The highest BCUT2D eigenvalue weighted by atomic mass is 16.5. The molecule has 1 atom stereocenters. The number of hydrogen-bond acceptors (Lipinski definition) is 5. The lowest BCUT2D eigenvalue weighted by atomic mass is 10.1. The Bertz CT molecular complexity index is 667. The molecule has 1 aliphatic rings. The van der Waals surface area contributed by atoms with E-state index < -0.39 is 0 Å². The van der Waals surface area contributed by atoms with Crippen LogP contribution in [-0.2, 0) is 4.74 Å². The maximum atomic E-state index is 13.1. The van der Waals surface area contributed by atoms with Crippen molar-refractivity contribution < 1.29 is 18.7 Å². The van der Waals surface area contributed by atoms with Crippen molar-refractivity contribution in [2.75, 3.05) is 20.3 Å². The molecule has 128 valence electrons. The number of nitrogens with zero attached hydrogens (tertiary/aromatic N) is 2. The minimum Gasteiger partial charge on any atom is -0.475 e. The Hall–Kier alpha value is -2.34. The highest BCUT2D eigenvalue weighted by molar-refractivity contribution is 5.97. The van der Waals surface area contributed by atoms with Gasteiger partial charge in [-0.2, -0.15) is 0 Å². The van der Waals surface area contributed by atoms with Gasteiger partial charge in [0.05, 0.1) is 18.9 Å². The number of aromatic nitrogens is 1. The van der Waals surface area contributed by atoms with Crippen LogP contribution in [0.2, 0.25) is 0 Å². The van der Waals surface area contributed by atoms with Crippen LogP contribution in [0.15, 0.2) is 41.1 Å². The predicted octanol–water partition coefficient (Wildman–Crippen LogP) is 3.07. The van der Waals surface area contributed by atoms with Gasteiger partial charge in [-0.25, -0.2) is 4.98 Å². The fraction of sp³-hybridized carbons (Fsp3) is 0.444. The minimum absolute atomic E-state index is 0.0816. The first-order valence-corrected chi connectivity index (χ1v) is 8.15. The Morgan fingerprint density at radius 2 is 2.21 bits per heavy atom. The van der Waals surface area contributed by atoms with Crippen LogP contribution in [0.1, 0.15) is 41.9 Å². The van der Waals surface area contributed by atoms with Gasteiger partial charge >= 0.3 is 0 Å². The lowest BCUT2D eigenvalue weighted by Crippen LogP contribution is -2.35. The second kappa shape index (κ2) is 7.49. The molecule has 2 heterocycles. The van der Waals surface area contributed by atoms with E-state index in [1.807, 2.05) is 24.0 Å². The van der Waals surface area contributed by atoms with Crippen LogP contribution in [0.4, 0.5) is 0 Å². The number of carbonyl (C=O) groups is 1. The van der Waals surface area contributed by atoms with E-state index in [1.54, 1.807) is 31.7 Å². The monoisotopic (exact) mass is 330 g/mol. The van der Waals surface area contributed by atoms with E-state index in [4.69, 9.17) is 13.9 Å². The number of ether oxygens (including phenoxy) is 2. The topological polar surface area (TPSA) is 64.8 Å². The molecule has 24 heavy (non-hydrogen) atoms. The number of furan rings is 1. The van der Waals surface area contributed by atoms with Crippen molar-refractivity contribution >= 4 is 5.91 Å². The molecule has 1 fully saturated rings. The van der Waals surface area contributed by atoms with E-state index in [1.165, 1.54) is 0 Å². The van der Waals surface area contributed by atoms with Crippen LogP contribution < -0.4 is 4.74 Å². The predicted molar refractivity (Wildman–Crippen MR) is 87.9 cm³/mol. The molecular formula is C18H22N2O4. The molecule has 2 aromatic rings. The molecule has 0 aliphatic heterocycles. The van der Waals surface area contributed by atoms with E-state index in [2.05, 4.69) is 4.98 Å². The molecule has 6 heteroatoms. The average molecular weight is 330 g/mol. The Morgan fingerprint density at radius 3 is 2.88 bits per heavy atom. The zero-order valence-electron chi connectivity index (χ0n) is 14.0.